The fraction of sp³-hybridized carbons (Fsp3) is 0.235. The number of urea groups is 1. The second-order valence-corrected chi connectivity index (χ2v) is 14.2. The van der Waals surface area contributed by atoms with E-state index in [1.165, 1.54) is 6.08 Å². The first kappa shape index (κ1) is 41.0. The standard InChI is InChI=1S/C51H50N2O5/c1-3-5-7-18-32-57-45-36-43(34-44-49(54)52-51(56)53-50(44)55)46(58-33-19-8-6-4-2)35-42(45)31-28-37-26-29-41(30-27-37)48(40-24-16-11-17-25-40)47(38-20-12-9-13-21-38)39-22-14-10-15-23-39/h9-17,20-27,29-30,34-36H,3-8,18-19,32-33H2,1-2H3,(H2,52,53,54,55,56). The van der Waals surface area contributed by atoms with Crippen molar-refractivity contribution in [1.29, 1.82) is 0 Å². The Labute approximate surface area is 342 Å². The molecule has 5 aromatic carbocycles. The first-order valence-electron chi connectivity index (χ1n) is 20.3. The van der Waals surface area contributed by atoms with E-state index in [2.05, 4.69) is 121 Å². The lowest BCUT2D eigenvalue weighted by molar-refractivity contribution is -0.123. The Hall–Kier alpha value is -6.65. The van der Waals surface area contributed by atoms with Crippen molar-refractivity contribution in [3.63, 3.8) is 0 Å². The van der Waals surface area contributed by atoms with Crippen molar-refractivity contribution in [2.45, 2.75) is 65.2 Å². The molecule has 2 N–H and O–H groups in total. The molecular formula is C51H50N2O5. The predicted molar refractivity (Wildman–Crippen MR) is 232 cm³/mol. The Balaban J connectivity index is 1.40. The van der Waals surface area contributed by atoms with Crippen LogP contribution in [0.2, 0.25) is 0 Å². The topological polar surface area (TPSA) is 93.7 Å². The minimum atomic E-state index is -0.852. The maximum Gasteiger partial charge on any atom is 0.328 e. The van der Waals surface area contributed by atoms with Crippen LogP contribution in [-0.4, -0.2) is 31.1 Å². The summed E-state index contributed by atoms with van der Waals surface area (Å²) in [7, 11) is 0. The summed E-state index contributed by atoms with van der Waals surface area (Å²) in [5, 5.41) is 4.30. The van der Waals surface area contributed by atoms with Crippen molar-refractivity contribution in [2.24, 2.45) is 0 Å². The predicted octanol–water partition coefficient (Wildman–Crippen LogP) is 10.8. The SMILES string of the molecule is CCCCCCOc1cc(C=C2C(=O)NC(=O)NC2=O)c(OCCCCCC)cc1C#Cc1ccc(C(=C(c2ccccc2)c2ccccc2)c2ccccc2)cc1. The number of nitrogens with one attached hydrogen (secondary N) is 2. The average Bonchev–Trinajstić information content (AvgIpc) is 3.25. The van der Waals surface area contributed by atoms with Gasteiger partial charge in [0.2, 0.25) is 0 Å². The van der Waals surface area contributed by atoms with Crippen LogP contribution in [0.5, 0.6) is 11.5 Å². The molecule has 0 radical (unpaired) electrons. The molecule has 0 spiro atoms. The normalized spacial score (nSPS) is 12.2. The number of hydrogen-bond acceptors (Lipinski definition) is 5. The van der Waals surface area contributed by atoms with Gasteiger partial charge in [-0.05, 0) is 70.5 Å². The van der Waals surface area contributed by atoms with Gasteiger partial charge in [-0.25, -0.2) is 4.79 Å². The van der Waals surface area contributed by atoms with Gasteiger partial charge >= 0.3 is 6.03 Å². The molecule has 1 aliphatic rings. The Morgan fingerprint density at radius 2 is 1.00 bits per heavy atom. The number of imide groups is 2. The molecule has 58 heavy (non-hydrogen) atoms. The van der Waals surface area contributed by atoms with E-state index in [4.69, 9.17) is 9.47 Å². The highest BCUT2D eigenvalue weighted by molar-refractivity contribution is 6.31. The summed E-state index contributed by atoms with van der Waals surface area (Å²) in [6.07, 6.45) is 9.60. The fourth-order valence-electron chi connectivity index (χ4n) is 6.80. The summed E-state index contributed by atoms with van der Waals surface area (Å²) in [5.41, 5.74) is 8.40. The first-order valence-corrected chi connectivity index (χ1v) is 20.3. The van der Waals surface area contributed by atoms with Gasteiger partial charge < -0.3 is 9.47 Å². The van der Waals surface area contributed by atoms with Crippen molar-refractivity contribution in [3.05, 3.63) is 172 Å². The molecular weight excluding hydrogens is 721 g/mol. The van der Waals surface area contributed by atoms with Gasteiger partial charge in [-0.1, -0.05) is 167 Å². The molecule has 0 atom stereocenters. The molecule has 7 heteroatoms. The molecule has 0 aliphatic carbocycles. The number of barbiturate groups is 1. The van der Waals surface area contributed by atoms with Crippen LogP contribution in [0.15, 0.2) is 133 Å². The highest BCUT2D eigenvalue weighted by Gasteiger charge is 2.28. The summed E-state index contributed by atoms with van der Waals surface area (Å²) < 4.78 is 12.6. The molecule has 5 aromatic rings. The molecule has 0 bridgehead atoms. The molecule has 1 saturated heterocycles. The van der Waals surface area contributed by atoms with Crippen LogP contribution < -0.4 is 20.1 Å². The van der Waals surface area contributed by atoms with Gasteiger partial charge in [0.05, 0.1) is 18.8 Å². The van der Waals surface area contributed by atoms with Crippen molar-refractivity contribution in [1.82, 2.24) is 10.6 Å². The number of benzene rings is 5. The van der Waals surface area contributed by atoms with Gasteiger partial charge in [0.1, 0.15) is 17.1 Å². The summed E-state index contributed by atoms with van der Waals surface area (Å²) in [6, 6.07) is 42.5. The third-order valence-electron chi connectivity index (χ3n) is 9.82. The van der Waals surface area contributed by atoms with E-state index >= 15 is 0 Å². The number of hydrogen-bond donors (Lipinski definition) is 2. The largest absolute Gasteiger partial charge is 0.493 e. The van der Waals surface area contributed by atoms with Gasteiger partial charge in [0.25, 0.3) is 11.8 Å². The third-order valence-corrected chi connectivity index (χ3v) is 9.82. The lowest BCUT2D eigenvalue weighted by Gasteiger charge is -2.18. The Morgan fingerprint density at radius 1 is 0.534 bits per heavy atom. The fourth-order valence-corrected chi connectivity index (χ4v) is 6.80. The van der Waals surface area contributed by atoms with Gasteiger partial charge in [0.15, 0.2) is 0 Å². The molecule has 0 saturated carbocycles. The lowest BCUT2D eigenvalue weighted by atomic mass is 9.85. The van der Waals surface area contributed by atoms with E-state index in [0.717, 1.165) is 90.3 Å². The smallest absolute Gasteiger partial charge is 0.328 e. The maximum atomic E-state index is 12.7. The number of ether oxygens (including phenoxy) is 2. The number of unbranched alkanes of at least 4 members (excludes halogenated alkanes) is 6. The van der Waals surface area contributed by atoms with Gasteiger partial charge in [-0.2, -0.15) is 0 Å². The molecule has 6 rings (SSSR count). The molecule has 1 heterocycles. The summed E-state index contributed by atoms with van der Waals surface area (Å²) in [5.74, 6) is 6.14. The number of amides is 4. The quantitative estimate of drug-likeness (QED) is 0.0323. The summed E-state index contributed by atoms with van der Waals surface area (Å²) >= 11 is 0. The van der Waals surface area contributed by atoms with Crippen molar-refractivity contribution in [2.75, 3.05) is 13.2 Å². The molecule has 0 aromatic heterocycles. The van der Waals surface area contributed by atoms with Crippen LogP contribution in [0, 0.1) is 11.8 Å². The second-order valence-electron chi connectivity index (χ2n) is 14.2. The van der Waals surface area contributed by atoms with Gasteiger partial charge in [-0.15, -0.1) is 0 Å². The third kappa shape index (κ3) is 11.0. The van der Waals surface area contributed by atoms with E-state index in [-0.39, 0.29) is 5.57 Å². The van der Waals surface area contributed by atoms with Crippen LogP contribution in [-0.2, 0) is 9.59 Å². The van der Waals surface area contributed by atoms with E-state index in [0.29, 0.717) is 35.8 Å². The minimum absolute atomic E-state index is 0.199. The zero-order chi connectivity index (χ0) is 40.5. The molecule has 1 fully saturated rings. The van der Waals surface area contributed by atoms with E-state index in [1.807, 2.05) is 36.4 Å². The zero-order valence-electron chi connectivity index (χ0n) is 33.3. The number of carbonyl (C=O) groups excluding carboxylic acids is 3. The molecule has 0 unspecified atom stereocenters. The average molecular weight is 771 g/mol. The number of carbonyl (C=O) groups is 3. The molecule has 294 valence electrons. The van der Waals surface area contributed by atoms with Crippen LogP contribution in [0.25, 0.3) is 17.2 Å². The van der Waals surface area contributed by atoms with E-state index in [1.54, 1.807) is 6.07 Å². The minimum Gasteiger partial charge on any atom is -0.493 e. The number of rotatable bonds is 17. The van der Waals surface area contributed by atoms with Crippen LogP contribution >= 0.6 is 0 Å². The highest BCUT2D eigenvalue weighted by atomic mass is 16.5. The highest BCUT2D eigenvalue weighted by Crippen LogP contribution is 2.37. The monoisotopic (exact) mass is 770 g/mol. The van der Waals surface area contributed by atoms with Crippen molar-refractivity contribution in [3.8, 4) is 23.3 Å². The van der Waals surface area contributed by atoms with Crippen molar-refractivity contribution < 1.29 is 23.9 Å². The lowest BCUT2D eigenvalue weighted by Crippen LogP contribution is -2.51. The molecule has 1 aliphatic heterocycles. The zero-order valence-corrected chi connectivity index (χ0v) is 33.3. The van der Waals surface area contributed by atoms with Crippen LogP contribution in [0.3, 0.4) is 0 Å². The van der Waals surface area contributed by atoms with Crippen LogP contribution in [0.4, 0.5) is 4.79 Å². The summed E-state index contributed by atoms with van der Waals surface area (Å²) in [6.45, 7) is 5.24. The Morgan fingerprint density at radius 3 is 1.48 bits per heavy atom. The van der Waals surface area contributed by atoms with Crippen molar-refractivity contribution >= 4 is 35.1 Å². The Kier molecular flexibility index (Phi) is 14.9. The van der Waals surface area contributed by atoms with E-state index < -0.39 is 17.8 Å². The van der Waals surface area contributed by atoms with Crippen LogP contribution in [0.1, 0.15) is 104 Å². The second kappa shape index (κ2) is 21.0. The first-order chi connectivity index (χ1) is 28.4. The maximum absolute atomic E-state index is 12.7. The van der Waals surface area contributed by atoms with E-state index in [9.17, 15) is 14.4 Å². The van der Waals surface area contributed by atoms with Gasteiger partial charge in [-0.3, -0.25) is 20.2 Å². The summed E-state index contributed by atoms with van der Waals surface area (Å²) in [4.78, 5) is 37.2. The Bertz CT molecular complexity index is 2240. The van der Waals surface area contributed by atoms with Gasteiger partial charge in [0, 0.05) is 17.2 Å². The molecule has 4 amide bonds. The molecule has 7 nitrogen and oxygen atoms in total.